The van der Waals surface area contributed by atoms with Gasteiger partial charge in [0.2, 0.25) is 0 Å². The molecule has 2 aliphatic rings. The highest BCUT2D eigenvalue weighted by Gasteiger charge is 2.33. The molecule has 2 fully saturated rings. The maximum absolute atomic E-state index is 12.5. The highest BCUT2D eigenvalue weighted by Crippen LogP contribution is 2.22. The zero-order valence-electron chi connectivity index (χ0n) is 13.9. The second-order valence-corrected chi connectivity index (χ2v) is 6.69. The Bertz CT molecular complexity index is 743. The van der Waals surface area contributed by atoms with E-state index in [4.69, 9.17) is 9.72 Å². The first-order valence-electron chi connectivity index (χ1n) is 8.58. The molecule has 2 saturated heterocycles. The van der Waals surface area contributed by atoms with E-state index in [-0.39, 0.29) is 12.0 Å². The van der Waals surface area contributed by atoms with Crippen molar-refractivity contribution in [2.45, 2.75) is 19.4 Å². The van der Waals surface area contributed by atoms with Crippen molar-refractivity contribution >= 4 is 22.8 Å². The quantitative estimate of drug-likeness (QED) is 0.841. The van der Waals surface area contributed by atoms with Crippen LogP contribution in [0.25, 0.3) is 11.0 Å². The van der Waals surface area contributed by atoms with Crippen LogP contribution in [0.1, 0.15) is 13.3 Å². The maximum Gasteiger partial charge on any atom is 0.251 e. The lowest BCUT2D eigenvalue weighted by atomic mass is 10.1. The summed E-state index contributed by atoms with van der Waals surface area (Å²) in [7, 11) is 0. The number of hydrogen-bond acceptors (Lipinski definition) is 5. The lowest BCUT2D eigenvalue weighted by molar-refractivity contribution is -0.141. The summed E-state index contributed by atoms with van der Waals surface area (Å²) in [6.07, 6.45) is 2.42. The molecule has 24 heavy (non-hydrogen) atoms. The number of rotatable bonds is 2. The highest BCUT2D eigenvalue weighted by atomic mass is 16.5. The van der Waals surface area contributed by atoms with Crippen LogP contribution >= 0.6 is 0 Å². The summed E-state index contributed by atoms with van der Waals surface area (Å²) in [5, 5.41) is 0. The van der Waals surface area contributed by atoms with Crippen molar-refractivity contribution in [1.82, 2.24) is 14.9 Å². The van der Waals surface area contributed by atoms with E-state index in [2.05, 4.69) is 16.8 Å². The first kappa shape index (κ1) is 15.3. The van der Waals surface area contributed by atoms with Gasteiger partial charge in [0.05, 0.1) is 23.8 Å². The topological polar surface area (TPSA) is 58.6 Å². The molecule has 0 spiro atoms. The fourth-order valence-corrected chi connectivity index (χ4v) is 3.41. The Hall–Kier alpha value is -2.21. The summed E-state index contributed by atoms with van der Waals surface area (Å²) in [4.78, 5) is 25.8. The van der Waals surface area contributed by atoms with Crippen molar-refractivity contribution in [3.05, 3.63) is 30.5 Å². The Morgan fingerprint density at radius 3 is 2.62 bits per heavy atom. The van der Waals surface area contributed by atoms with Gasteiger partial charge in [-0.2, -0.15) is 0 Å². The van der Waals surface area contributed by atoms with Crippen molar-refractivity contribution in [2.75, 3.05) is 37.7 Å². The van der Waals surface area contributed by atoms with Crippen molar-refractivity contribution in [3.63, 3.8) is 0 Å². The van der Waals surface area contributed by atoms with Gasteiger partial charge in [-0.05, 0) is 24.5 Å². The van der Waals surface area contributed by atoms with Gasteiger partial charge in [-0.1, -0.05) is 19.1 Å². The number of nitrogens with zero attached hydrogens (tertiary/aromatic N) is 4. The Labute approximate surface area is 141 Å². The second kappa shape index (κ2) is 6.36. The summed E-state index contributed by atoms with van der Waals surface area (Å²) in [5.41, 5.74) is 1.81. The average Bonchev–Trinajstić information content (AvgIpc) is 3.07. The minimum absolute atomic E-state index is 0.142. The van der Waals surface area contributed by atoms with Crippen LogP contribution in [0, 0.1) is 5.92 Å². The van der Waals surface area contributed by atoms with Gasteiger partial charge in [-0.3, -0.25) is 9.78 Å². The van der Waals surface area contributed by atoms with E-state index >= 15 is 0 Å². The van der Waals surface area contributed by atoms with Gasteiger partial charge >= 0.3 is 0 Å². The molecule has 0 N–H and O–H groups in total. The zero-order chi connectivity index (χ0) is 16.5. The molecule has 2 aliphatic heterocycles. The first-order valence-corrected chi connectivity index (χ1v) is 8.58. The number of anilines is 1. The normalized spacial score (nSPS) is 24.5. The van der Waals surface area contributed by atoms with Gasteiger partial charge < -0.3 is 14.5 Å². The van der Waals surface area contributed by atoms with Crippen LogP contribution < -0.4 is 4.90 Å². The number of carbonyl (C=O) groups excluding carboxylic acids is 1. The van der Waals surface area contributed by atoms with Gasteiger partial charge in [0.25, 0.3) is 5.91 Å². The van der Waals surface area contributed by atoms with Crippen LogP contribution in [0.5, 0.6) is 0 Å². The van der Waals surface area contributed by atoms with Crippen LogP contribution in [0.3, 0.4) is 0 Å². The van der Waals surface area contributed by atoms with Gasteiger partial charge in [0, 0.05) is 26.2 Å². The molecule has 6 heteroatoms. The van der Waals surface area contributed by atoms with E-state index in [0.29, 0.717) is 25.6 Å². The molecule has 0 radical (unpaired) electrons. The maximum atomic E-state index is 12.5. The molecule has 4 rings (SSSR count). The van der Waals surface area contributed by atoms with Crippen molar-refractivity contribution in [2.24, 2.45) is 5.92 Å². The number of aromatic nitrogens is 2. The number of carbonyl (C=O) groups is 1. The summed E-state index contributed by atoms with van der Waals surface area (Å²) in [6.45, 7) is 5.80. The van der Waals surface area contributed by atoms with Crippen LogP contribution in [0.4, 0.5) is 5.82 Å². The molecule has 3 heterocycles. The third-order valence-corrected chi connectivity index (χ3v) is 4.82. The molecule has 6 nitrogen and oxygen atoms in total. The van der Waals surface area contributed by atoms with E-state index < -0.39 is 0 Å². The molecule has 1 aromatic carbocycles. The standard InChI is InChI=1S/C18H22N4O2/c1-13-10-16(24-12-13)18(23)22-8-6-21(7-9-22)17-11-19-14-4-2-3-5-15(14)20-17/h2-5,11,13,16H,6-10,12H2,1H3. The minimum atomic E-state index is -0.244. The van der Waals surface area contributed by atoms with E-state index in [1.807, 2.05) is 35.4 Å². The average molecular weight is 326 g/mol. The number of ether oxygens (including phenoxy) is 1. The number of amides is 1. The molecule has 1 aromatic heterocycles. The molecule has 0 saturated carbocycles. The summed E-state index contributed by atoms with van der Waals surface area (Å²) in [5.74, 6) is 1.50. The van der Waals surface area contributed by atoms with Gasteiger partial charge in [0.1, 0.15) is 11.9 Å². The van der Waals surface area contributed by atoms with Crippen LogP contribution in [0.15, 0.2) is 30.5 Å². The number of hydrogen-bond donors (Lipinski definition) is 0. The zero-order valence-corrected chi connectivity index (χ0v) is 13.9. The summed E-state index contributed by atoms with van der Waals surface area (Å²) in [6, 6.07) is 7.88. The van der Waals surface area contributed by atoms with E-state index in [1.165, 1.54) is 0 Å². The first-order chi connectivity index (χ1) is 11.7. The van der Waals surface area contributed by atoms with E-state index in [9.17, 15) is 4.79 Å². The fraction of sp³-hybridized carbons (Fsp3) is 0.500. The van der Waals surface area contributed by atoms with E-state index in [1.54, 1.807) is 0 Å². The lowest BCUT2D eigenvalue weighted by Crippen LogP contribution is -2.51. The number of benzene rings is 1. The number of piperazine rings is 1. The molecule has 2 aromatic rings. The molecule has 2 atom stereocenters. The fourth-order valence-electron chi connectivity index (χ4n) is 3.41. The predicted octanol–water partition coefficient (Wildman–Crippen LogP) is 1.70. The summed E-state index contributed by atoms with van der Waals surface area (Å²) >= 11 is 0. The lowest BCUT2D eigenvalue weighted by Gasteiger charge is -2.36. The highest BCUT2D eigenvalue weighted by molar-refractivity contribution is 5.81. The van der Waals surface area contributed by atoms with Crippen LogP contribution in [-0.4, -0.2) is 59.7 Å². The van der Waals surface area contributed by atoms with Crippen molar-refractivity contribution in [3.8, 4) is 0 Å². The summed E-state index contributed by atoms with van der Waals surface area (Å²) < 4.78 is 5.61. The largest absolute Gasteiger partial charge is 0.368 e. The second-order valence-electron chi connectivity index (χ2n) is 6.69. The van der Waals surface area contributed by atoms with Crippen molar-refractivity contribution < 1.29 is 9.53 Å². The molecular formula is C18H22N4O2. The number of para-hydroxylation sites is 2. The predicted molar refractivity (Wildman–Crippen MR) is 91.9 cm³/mol. The van der Waals surface area contributed by atoms with Crippen LogP contribution in [-0.2, 0) is 9.53 Å². The third kappa shape index (κ3) is 2.94. The molecule has 0 aliphatic carbocycles. The molecule has 2 unspecified atom stereocenters. The van der Waals surface area contributed by atoms with Crippen molar-refractivity contribution in [1.29, 1.82) is 0 Å². The monoisotopic (exact) mass is 326 g/mol. The SMILES string of the molecule is CC1COC(C(=O)N2CCN(c3cnc4ccccc4n3)CC2)C1. The Kier molecular flexibility index (Phi) is 4.06. The molecule has 0 bridgehead atoms. The smallest absolute Gasteiger partial charge is 0.251 e. The molecule has 126 valence electrons. The molecular weight excluding hydrogens is 304 g/mol. The Balaban J connectivity index is 1.40. The van der Waals surface area contributed by atoms with E-state index in [0.717, 1.165) is 36.4 Å². The van der Waals surface area contributed by atoms with Crippen LogP contribution in [0.2, 0.25) is 0 Å². The van der Waals surface area contributed by atoms with Gasteiger partial charge in [-0.25, -0.2) is 4.98 Å². The van der Waals surface area contributed by atoms with Gasteiger partial charge in [-0.15, -0.1) is 0 Å². The Morgan fingerprint density at radius 1 is 1.17 bits per heavy atom. The van der Waals surface area contributed by atoms with Gasteiger partial charge in [0.15, 0.2) is 0 Å². The molecule has 1 amide bonds. The number of fused-ring (bicyclic) bond motifs is 1. The Morgan fingerprint density at radius 2 is 1.92 bits per heavy atom. The minimum Gasteiger partial charge on any atom is -0.368 e. The third-order valence-electron chi connectivity index (χ3n) is 4.82.